The van der Waals surface area contributed by atoms with Crippen LogP contribution < -0.4 is 14.2 Å². The van der Waals surface area contributed by atoms with Crippen LogP contribution in [0.4, 0.5) is 5.69 Å². The maximum absolute atomic E-state index is 12.9. The van der Waals surface area contributed by atoms with Crippen LogP contribution in [0.15, 0.2) is 29.3 Å². The van der Waals surface area contributed by atoms with E-state index >= 15 is 0 Å². The molecule has 1 N–H and O–H groups in total. The number of ether oxygens (including phenoxy) is 2. The molecule has 3 rings (SSSR count). The molecule has 0 aliphatic carbocycles. The van der Waals surface area contributed by atoms with Gasteiger partial charge in [-0.1, -0.05) is 0 Å². The lowest BCUT2D eigenvalue weighted by atomic mass is 10.1. The van der Waals surface area contributed by atoms with E-state index in [4.69, 9.17) is 9.47 Å². The summed E-state index contributed by atoms with van der Waals surface area (Å²) in [5.41, 5.74) is 1.88. The zero-order valence-electron chi connectivity index (χ0n) is 17.5. The molecule has 0 amide bonds. The van der Waals surface area contributed by atoms with Crippen LogP contribution in [0, 0.1) is 0 Å². The van der Waals surface area contributed by atoms with Crippen molar-refractivity contribution in [3.8, 4) is 11.8 Å². The number of hydrogen-bond acceptors (Lipinski definition) is 7. The fourth-order valence-corrected chi connectivity index (χ4v) is 4.05. The van der Waals surface area contributed by atoms with Crippen molar-refractivity contribution in [2.24, 2.45) is 0 Å². The standard InChI is InChI=1S/C20H28N4O4S/c1-20(2,3)28-18-7-6-15(13-21-18)29(25,26)23-17-12-14-8-10-24(4)11-9-16(14)22-19(17)27-5/h6-7,12-13,23H,8-11H2,1-5H3. The second-order valence-electron chi connectivity index (χ2n) is 8.11. The summed E-state index contributed by atoms with van der Waals surface area (Å²) in [4.78, 5) is 10.9. The van der Waals surface area contributed by atoms with Crippen LogP contribution in [0.3, 0.4) is 0 Å². The predicted molar refractivity (Wildman–Crippen MR) is 111 cm³/mol. The molecule has 0 atom stereocenters. The third-order valence-electron chi connectivity index (χ3n) is 4.52. The minimum atomic E-state index is -3.85. The van der Waals surface area contributed by atoms with E-state index in [1.165, 1.54) is 19.4 Å². The van der Waals surface area contributed by atoms with Gasteiger partial charge in [0.15, 0.2) is 0 Å². The Morgan fingerprint density at radius 1 is 1.17 bits per heavy atom. The number of rotatable bonds is 5. The summed E-state index contributed by atoms with van der Waals surface area (Å²) in [5, 5.41) is 0. The quantitative estimate of drug-likeness (QED) is 0.794. The molecule has 0 aromatic carbocycles. The van der Waals surface area contributed by atoms with E-state index in [0.717, 1.165) is 37.2 Å². The Kier molecular flexibility index (Phi) is 6.00. The van der Waals surface area contributed by atoms with Gasteiger partial charge in [0.25, 0.3) is 10.0 Å². The van der Waals surface area contributed by atoms with Gasteiger partial charge in [0, 0.05) is 31.3 Å². The lowest BCUT2D eigenvalue weighted by Gasteiger charge is -2.20. The van der Waals surface area contributed by atoms with Crippen molar-refractivity contribution in [2.45, 2.75) is 44.1 Å². The highest BCUT2D eigenvalue weighted by Crippen LogP contribution is 2.29. The normalized spacial score (nSPS) is 15.3. The van der Waals surface area contributed by atoms with Gasteiger partial charge in [0.2, 0.25) is 11.8 Å². The summed E-state index contributed by atoms with van der Waals surface area (Å²) < 4.78 is 39.3. The van der Waals surface area contributed by atoms with E-state index < -0.39 is 15.6 Å². The molecule has 0 saturated heterocycles. The molecule has 0 spiro atoms. The number of hydrogen-bond donors (Lipinski definition) is 1. The number of pyridine rings is 2. The highest BCUT2D eigenvalue weighted by atomic mass is 32.2. The van der Waals surface area contributed by atoms with Crippen LogP contribution in [0.25, 0.3) is 0 Å². The van der Waals surface area contributed by atoms with Gasteiger partial charge in [0.05, 0.1) is 13.3 Å². The Labute approximate surface area is 172 Å². The zero-order chi connectivity index (χ0) is 21.2. The fourth-order valence-electron chi connectivity index (χ4n) is 3.06. The first-order valence-electron chi connectivity index (χ1n) is 9.50. The molecule has 29 heavy (non-hydrogen) atoms. The van der Waals surface area contributed by atoms with Crippen molar-refractivity contribution in [3.63, 3.8) is 0 Å². The topological polar surface area (TPSA) is 93.6 Å². The predicted octanol–water partition coefficient (Wildman–Crippen LogP) is 2.49. The summed E-state index contributed by atoms with van der Waals surface area (Å²) in [6, 6.07) is 4.83. The van der Waals surface area contributed by atoms with Crippen LogP contribution in [-0.2, 0) is 22.9 Å². The molecule has 1 aliphatic rings. The molecule has 1 aliphatic heterocycles. The Bertz CT molecular complexity index is 969. The lowest BCUT2D eigenvalue weighted by Crippen LogP contribution is -2.23. The monoisotopic (exact) mass is 420 g/mol. The first-order chi connectivity index (χ1) is 13.6. The van der Waals surface area contributed by atoms with Crippen molar-refractivity contribution in [2.75, 3.05) is 32.0 Å². The molecule has 0 bridgehead atoms. The van der Waals surface area contributed by atoms with Crippen LogP contribution in [0.1, 0.15) is 32.0 Å². The first-order valence-corrected chi connectivity index (χ1v) is 11.0. The van der Waals surface area contributed by atoms with Gasteiger partial charge < -0.3 is 14.4 Å². The van der Waals surface area contributed by atoms with Crippen LogP contribution in [0.2, 0.25) is 0 Å². The summed E-state index contributed by atoms with van der Waals surface area (Å²) in [5.74, 6) is 0.627. The number of methoxy groups -OCH3 is 1. The molecule has 2 aromatic heterocycles. The number of sulfonamides is 1. The third kappa shape index (κ3) is 5.36. The summed E-state index contributed by atoms with van der Waals surface area (Å²) in [7, 11) is -0.307. The molecule has 158 valence electrons. The molecule has 0 unspecified atom stereocenters. The summed E-state index contributed by atoms with van der Waals surface area (Å²) >= 11 is 0. The highest BCUT2D eigenvalue weighted by molar-refractivity contribution is 7.92. The zero-order valence-corrected chi connectivity index (χ0v) is 18.3. The van der Waals surface area contributed by atoms with Gasteiger partial charge in [-0.2, -0.15) is 0 Å². The van der Waals surface area contributed by atoms with Gasteiger partial charge in [0.1, 0.15) is 16.2 Å². The number of anilines is 1. The average Bonchev–Trinajstić information content (AvgIpc) is 2.81. The number of fused-ring (bicyclic) bond motifs is 1. The van der Waals surface area contributed by atoms with Crippen molar-refractivity contribution >= 4 is 15.7 Å². The van der Waals surface area contributed by atoms with Crippen molar-refractivity contribution in [1.82, 2.24) is 14.9 Å². The Morgan fingerprint density at radius 3 is 2.52 bits per heavy atom. The minimum Gasteiger partial charge on any atom is -0.479 e. The van der Waals surface area contributed by atoms with Crippen molar-refractivity contribution in [3.05, 3.63) is 35.7 Å². The van der Waals surface area contributed by atoms with Crippen LogP contribution in [0.5, 0.6) is 11.8 Å². The lowest BCUT2D eigenvalue weighted by molar-refractivity contribution is 0.124. The van der Waals surface area contributed by atoms with E-state index in [2.05, 4.69) is 26.6 Å². The van der Waals surface area contributed by atoms with E-state index in [1.54, 1.807) is 6.07 Å². The van der Waals surface area contributed by atoms with Gasteiger partial charge >= 0.3 is 0 Å². The first kappa shape index (κ1) is 21.3. The SMILES string of the molecule is COc1nc2c(cc1NS(=O)(=O)c1ccc(OC(C)(C)C)nc1)CCN(C)CC2. The summed E-state index contributed by atoms with van der Waals surface area (Å²) in [6.45, 7) is 7.50. The van der Waals surface area contributed by atoms with E-state index in [-0.39, 0.29) is 10.8 Å². The molecule has 0 radical (unpaired) electrons. The third-order valence-corrected chi connectivity index (χ3v) is 5.87. The second kappa shape index (κ2) is 8.16. The fraction of sp³-hybridized carbons (Fsp3) is 0.500. The maximum atomic E-state index is 12.9. The van der Waals surface area contributed by atoms with Crippen LogP contribution >= 0.6 is 0 Å². The van der Waals surface area contributed by atoms with E-state index in [1.807, 2.05) is 26.8 Å². The Balaban J connectivity index is 1.86. The highest BCUT2D eigenvalue weighted by Gasteiger charge is 2.22. The Hall–Kier alpha value is -2.39. The second-order valence-corrected chi connectivity index (χ2v) is 9.79. The molecule has 9 heteroatoms. The number of likely N-dealkylation sites (N-methyl/N-ethyl adjacent to an activating group) is 1. The van der Waals surface area contributed by atoms with Crippen molar-refractivity contribution in [1.29, 1.82) is 0 Å². The minimum absolute atomic E-state index is 0.0375. The number of nitrogens with one attached hydrogen (secondary N) is 1. The average molecular weight is 421 g/mol. The van der Waals surface area contributed by atoms with Gasteiger partial charge in [-0.3, -0.25) is 4.72 Å². The Morgan fingerprint density at radius 2 is 1.90 bits per heavy atom. The van der Waals surface area contributed by atoms with E-state index in [9.17, 15) is 8.42 Å². The maximum Gasteiger partial charge on any atom is 0.263 e. The molecule has 3 heterocycles. The molecular weight excluding hydrogens is 392 g/mol. The summed E-state index contributed by atoms with van der Waals surface area (Å²) in [6.07, 6.45) is 2.88. The number of nitrogens with zero attached hydrogens (tertiary/aromatic N) is 3. The molecule has 0 saturated carbocycles. The molecule has 8 nitrogen and oxygen atoms in total. The molecule has 0 fully saturated rings. The van der Waals surface area contributed by atoms with Crippen molar-refractivity contribution < 1.29 is 17.9 Å². The molecule has 2 aromatic rings. The molecular formula is C20H28N4O4S. The van der Waals surface area contributed by atoms with Gasteiger partial charge in [-0.25, -0.2) is 18.4 Å². The smallest absolute Gasteiger partial charge is 0.263 e. The van der Waals surface area contributed by atoms with Crippen LogP contribution in [-0.4, -0.2) is 56.1 Å². The largest absolute Gasteiger partial charge is 0.479 e. The van der Waals surface area contributed by atoms with Gasteiger partial charge in [-0.05, 0) is 51.9 Å². The van der Waals surface area contributed by atoms with Gasteiger partial charge in [-0.15, -0.1) is 0 Å². The number of aromatic nitrogens is 2. The van der Waals surface area contributed by atoms with E-state index in [0.29, 0.717) is 11.6 Å².